The van der Waals surface area contributed by atoms with Gasteiger partial charge in [0, 0.05) is 34.3 Å². The van der Waals surface area contributed by atoms with E-state index in [-0.39, 0.29) is 25.5 Å². The maximum absolute atomic E-state index is 15.3. The molecule has 1 aromatic heterocycles. The molecule has 35 heavy (non-hydrogen) atoms. The van der Waals surface area contributed by atoms with Crippen LogP contribution >= 0.6 is 11.3 Å². The second-order valence-corrected chi connectivity index (χ2v) is 9.02. The zero-order valence-corrected chi connectivity index (χ0v) is 19.9. The number of carboxylic acid groups (broad SMARTS) is 1. The Bertz CT molecular complexity index is 1310. The monoisotopic (exact) mass is 492 g/mol. The molecule has 0 bridgehead atoms. The van der Waals surface area contributed by atoms with Crippen LogP contribution < -0.4 is 15.2 Å². The second kappa shape index (κ2) is 11.1. The van der Waals surface area contributed by atoms with Gasteiger partial charge in [0.2, 0.25) is 0 Å². The summed E-state index contributed by atoms with van der Waals surface area (Å²) < 4.78 is 27.2. The van der Waals surface area contributed by atoms with E-state index in [2.05, 4.69) is 4.98 Å². The molecule has 0 aliphatic carbocycles. The lowest BCUT2D eigenvalue weighted by atomic mass is 9.97. The number of hydrogen-bond donors (Lipinski definition) is 2. The zero-order chi connectivity index (χ0) is 24.8. The van der Waals surface area contributed by atoms with E-state index >= 15 is 4.39 Å². The van der Waals surface area contributed by atoms with Crippen molar-refractivity contribution in [2.24, 2.45) is 5.73 Å². The summed E-state index contributed by atoms with van der Waals surface area (Å²) in [4.78, 5) is 15.4. The number of benzene rings is 3. The molecule has 0 aliphatic heterocycles. The number of halogens is 1. The first-order valence-corrected chi connectivity index (χ1v) is 11.9. The van der Waals surface area contributed by atoms with Gasteiger partial charge in [0.15, 0.2) is 0 Å². The Labute approximate surface area is 206 Å². The van der Waals surface area contributed by atoms with E-state index in [1.165, 1.54) is 11.3 Å². The summed E-state index contributed by atoms with van der Waals surface area (Å²) in [5.74, 6) is -0.292. The molecule has 0 spiro atoms. The third kappa shape index (κ3) is 6.23. The number of ether oxygens (including phenoxy) is 2. The highest BCUT2D eigenvalue weighted by atomic mass is 32.1. The third-order valence-electron chi connectivity index (χ3n) is 5.35. The minimum atomic E-state index is -0.939. The van der Waals surface area contributed by atoms with Gasteiger partial charge in [-0.1, -0.05) is 36.4 Å². The molecule has 6 nitrogen and oxygen atoms in total. The molecular formula is C27H25FN2O4S. The van der Waals surface area contributed by atoms with Gasteiger partial charge in [-0.05, 0) is 42.3 Å². The third-order valence-corrected chi connectivity index (χ3v) is 6.10. The summed E-state index contributed by atoms with van der Waals surface area (Å²) in [5.41, 5.74) is 8.73. The van der Waals surface area contributed by atoms with Crippen molar-refractivity contribution in [3.05, 3.63) is 99.8 Å². The molecule has 0 radical (unpaired) electrons. The number of aromatic nitrogens is 1. The molecule has 0 fully saturated rings. The van der Waals surface area contributed by atoms with Crippen molar-refractivity contribution in [2.75, 3.05) is 0 Å². The molecule has 0 saturated heterocycles. The lowest BCUT2D eigenvalue weighted by Crippen LogP contribution is -2.08. The fraction of sp³-hybridized carbons (Fsp3) is 0.185. The maximum Gasteiger partial charge on any atom is 0.307 e. The Morgan fingerprint density at radius 2 is 1.94 bits per heavy atom. The summed E-state index contributed by atoms with van der Waals surface area (Å²) in [6.07, 6.45) is 1.57. The fourth-order valence-electron chi connectivity index (χ4n) is 3.69. The van der Waals surface area contributed by atoms with Crippen molar-refractivity contribution < 1.29 is 23.8 Å². The molecule has 8 heteroatoms. The van der Waals surface area contributed by atoms with E-state index in [0.717, 1.165) is 10.6 Å². The normalized spacial score (nSPS) is 11.7. The number of rotatable bonds is 10. The van der Waals surface area contributed by atoms with Crippen molar-refractivity contribution in [1.29, 1.82) is 0 Å². The summed E-state index contributed by atoms with van der Waals surface area (Å²) in [6, 6.07) is 17.1. The van der Waals surface area contributed by atoms with Gasteiger partial charge in [0.1, 0.15) is 35.5 Å². The number of para-hydroxylation sites is 1. The van der Waals surface area contributed by atoms with Gasteiger partial charge in [-0.25, -0.2) is 9.37 Å². The van der Waals surface area contributed by atoms with Crippen LogP contribution in [0.1, 0.15) is 34.7 Å². The van der Waals surface area contributed by atoms with E-state index in [0.29, 0.717) is 33.8 Å². The summed E-state index contributed by atoms with van der Waals surface area (Å²) in [7, 11) is 0. The molecule has 0 aliphatic rings. The van der Waals surface area contributed by atoms with E-state index in [4.69, 9.17) is 15.2 Å². The highest BCUT2D eigenvalue weighted by molar-refractivity contribution is 7.09. The summed E-state index contributed by atoms with van der Waals surface area (Å²) in [5, 5.41) is 11.9. The number of carboxylic acids is 1. The van der Waals surface area contributed by atoms with Crippen LogP contribution in [0.25, 0.3) is 11.1 Å². The number of thiazole rings is 1. The average Bonchev–Trinajstić information content (AvgIpc) is 3.35. The molecule has 180 valence electrons. The smallest absolute Gasteiger partial charge is 0.307 e. The molecule has 4 rings (SSSR count). The minimum absolute atomic E-state index is 0.145. The Balaban J connectivity index is 1.66. The molecule has 3 aromatic carbocycles. The summed E-state index contributed by atoms with van der Waals surface area (Å²) in [6.45, 7) is 2.17. The molecule has 4 aromatic rings. The number of carbonyl (C=O) groups is 1. The van der Waals surface area contributed by atoms with Crippen LogP contribution in [0, 0.1) is 5.82 Å². The van der Waals surface area contributed by atoms with Gasteiger partial charge in [0.25, 0.3) is 0 Å². The predicted octanol–water partition coefficient (Wildman–Crippen LogP) is 5.75. The first-order valence-electron chi connectivity index (χ1n) is 11.0. The maximum atomic E-state index is 15.3. The predicted molar refractivity (Wildman–Crippen MR) is 133 cm³/mol. The van der Waals surface area contributed by atoms with Crippen molar-refractivity contribution >= 4 is 17.3 Å². The number of nitrogens with zero attached hydrogens (tertiary/aromatic N) is 1. The topological polar surface area (TPSA) is 94.7 Å². The van der Waals surface area contributed by atoms with Gasteiger partial charge in [-0.15, -0.1) is 11.3 Å². The quantitative estimate of drug-likeness (QED) is 0.293. The van der Waals surface area contributed by atoms with Crippen LogP contribution in [0.15, 0.2) is 72.2 Å². The number of nitrogens with two attached hydrogens (primary N) is 1. The Kier molecular flexibility index (Phi) is 7.74. The molecule has 0 saturated carbocycles. The highest BCUT2D eigenvalue weighted by Gasteiger charge is 2.15. The summed E-state index contributed by atoms with van der Waals surface area (Å²) >= 11 is 1.49. The van der Waals surface area contributed by atoms with Gasteiger partial charge < -0.3 is 20.3 Å². The van der Waals surface area contributed by atoms with E-state index in [9.17, 15) is 9.90 Å². The van der Waals surface area contributed by atoms with Crippen molar-refractivity contribution in [3.8, 4) is 22.6 Å². The number of aliphatic carboxylic acids is 1. The highest BCUT2D eigenvalue weighted by Crippen LogP contribution is 2.32. The van der Waals surface area contributed by atoms with Gasteiger partial charge in [0.05, 0.1) is 6.42 Å². The van der Waals surface area contributed by atoms with Crippen LogP contribution in [-0.2, 0) is 24.4 Å². The van der Waals surface area contributed by atoms with Crippen LogP contribution in [-0.4, -0.2) is 16.1 Å². The largest absolute Gasteiger partial charge is 0.489 e. The van der Waals surface area contributed by atoms with Crippen LogP contribution in [0.5, 0.6) is 11.5 Å². The van der Waals surface area contributed by atoms with E-state index < -0.39 is 12.0 Å². The van der Waals surface area contributed by atoms with Crippen LogP contribution in [0.3, 0.4) is 0 Å². The van der Waals surface area contributed by atoms with Crippen LogP contribution in [0.4, 0.5) is 4.39 Å². The van der Waals surface area contributed by atoms with Crippen LogP contribution in [0.2, 0.25) is 0 Å². The van der Waals surface area contributed by atoms with Crippen molar-refractivity contribution in [2.45, 2.75) is 32.6 Å². The molecule has 1 atom stereocenters. The van der Waals surface area contributed by atoms with E-state index in [1.807, 2.05) is 17.5 Å². The number of hydrogen-bond acceptors (Lipinski definition) is 6. The Morgan fingerprint density at radius 3 is 2.69 bits per heavy atom. The lowest BCUT2D eigenvalue weighted by Gasteiger charge is -2.15. The van der Waals surface area contributed by atoms with Gasteiger partial charge >= 0.3 is 5.97 Å². The molecule has 1 heterocycles. The molecule has 1 unspecified atom stereocenters. The van der Waals surface area contributed by atoms with Crippen molar-refractivity contribution in [1.82, 2.24) is 4.98 Å². The van der Waals surface area contributed by atoms with Gasteiger partial charge in [-0.2, -0.15) is 0 Å². The SMILES string of the molecule is CC(N)c1cccc(-c2cc(COc3ccccc3CC(=O)O)cc(OCc3nccs3)c2)c1F. The Morgan fingerprint density at radius 1 is 1.11 bits per heavy atom. The zero-order valence-electron chi connectivity index (χ0n) is 19.1. The Hall–Kier alpha value is -3.75. The molecule has 3 N–H and O–H groups in total. The standard InChI is InChI=1S/C27H25FN2O4S/c1-17(29)22-6-4-7-23(27(22)28)20-11-18(12-21(13-20)33-16-25-30-9-10-35-25)15-34-24-8-3-2-5-19(24)14-26(31)32/h2-13,17H,14-16,29H2,1H3,(H,31,32). The fourth-order valence-corrected chi connectivity index (χ4v) is 4.22. The van der Waals surface area contributed by atoms with Gasteiger partial charge in [-0.3, -0.25) is 4.79 Å². The van der Waals surface area contributed by atoms with E-state index in [1.54, 1.807) is 61.7 Å². The minimum Gasteiger partial charge on any atom is -0.489 e. The first-order chi connectivity index (χ1) is 16.9. The second-order valence-electron chi connectivity index (χ2n) is 8.04. The average molecular weight is 493 g/mol. The van der Waals surface area contributed by atoms with Crippen molar-refractivity contribution in [3.63, 3.8) is 0 Å². The molecular weight excluding hydrogens is 467 g/mol. The first kappa shape index (κ1) is 24.4. The molecule has 0 amide bonds. The lowest BCUT2D eigenvalue weighted by molar-refractivity contribution is -0.136.